The van der Waals surface area contributed by atoms with Crippen LogP contribution in [0.15, 0.2) is 42.5 Å². The number of amides is 2. The first kappa shape index (κ1) is 22.3. The number of rotatable bonds is 5. The highest BCUT2D eigenvalue weighted by molar-refractivity contribution is 7.99. The average Bonchev–Trinajstić information content (AvgIpc) is 3.21. The van der Waals surface area contributed by atoms with Crippen molar-refractivity contribution in [1.29, 1.82) is 0 Å². The maximum Gasteiger partial charge on any atom is 0.257 e. The van der Waals surface area contributed by atoms with E-state index < -0.39 is 11.6 Å². The number of halogens is 2. The van der Waals surface area contributed by atoms with Gasteiger partial charge in [0.15, 0.2) is 5.82 Å². The molecule has 2 amide bonds. The lowest BCUT2D eigenvalue weighted by atomic mass is 10.1. The minimum Gasteiger partial charge on any atom is -0.346 e. The molecular weight excluding hydrogens is 460 g/mol. The third-order valence-corrected chi connectivity index (χ3v) is 6.69. The van der Waals surface area contributed by atoms with Gasteiger partial charge < -0.3 is 15.5 Å². The fourth-order valence-corrected chi connectivity index (χ4v) is 4.88. The largest absolute Gasteiger partial charge is 0.346 e. The third-order valence-electron chi connectivity index (χ3n) is 5.75. The van der Waals surface area contributed by atoms with Gasteiger partial charge in [-0.2, -0.15) is 11.8 Å². The van der Waals surface area contributed by atoms with Gasteiger partial charge in [-0.3, -0.25) is 9.59 Å². The molecule has 3 heterocycles. The lowest BCUT2D eigenvalue weighted by Crippen LogP contribution is -2.38. The minimum absolute atomic E-state index is 0.0999. The van der Waals surface area contributed by atoms with E-state index in [2.05, 4.69) is 20.6 Å². The van der Waals surface area contributed by atoms with Crippen molar-refractivity contribution in [2.75, 3.05) is 29.9 Å². The number of anilines is 2. The number of aromatic nitrogens is 2. The maximum atomic E-state index is 14.4. The summed E-state index contributed by atoms with van der Waals surface area (Å²) >= 11 is 1.85. The predicted octanol–water partition coefficient (Wildman–Crippen LogP) is 3.53. The Bertz CT molecular complexity index is 1240. The van der Waals surface area contributed by atoms with Crippen molar-refractivity contribution >= 4 is 35.1 Å². The molecule has 1 aromatic heterocycles. The van der Waals surface area contributed by atoms with E-state index >= 15 is 0 Å². The first-order valence-electron chi connectivity index (χ1n) is 10.8. The van der Waals surface area contributed by atoms with Gasteiger partial charge in [0.2, 0.25) is 5.91 Å². The Balaban J connectivity index is 1.40. The van der Waals surface area contributed by atoms with Gasteiger partial charge in [0, 0.05) is 30.3 Å². The van der Waals surface area contributed by atoms with Crippen LogP contribution in [0.1, 0.15) is 21.6 Å². The van der Waals surface area contributed by atoms with E-state index in [0.717, 1.165) is 42.3 Å². The van der Waals surface area contributed by atoms with Crippen LogP contribution in [-0.4, -0.2) is 51.3 Å². The smallest absolute Gasteiger partial charge is 0.257 e. The van der Waals surface area contributed by atoms with Crippen molar-refractivity contribution < 1.29 is 18.4 Å². The second-order valence-electron chi connectivity index (χ2n) is 7.99. The Morgan fingerprint density at radius 3 is 2.44 bits per heavy atom. The molecule has 1 fully saturated rings. The number of fused-ring (bicyclic) bond motifs is 1. The van der Waals surface area contributed by atoms with Crippen LogP contribution in [0.25, 0.3) is 11.4 Å². The Hall–Kier alpha value is -3.53. The average molecular weight is 482 g/mol. The molecule has 0 radical (unpaired) electrons. The Kier molecular flexibility index (Phi) is 6.14. The highest BCUT2D eigenvalue weighted by Gasteiger charge is 2.28. The van der Waals surface area contributed by atoms with Crippen molar-refractivity contribution in [3.63, 3.8) is 0 Å². The molecule has 2 aromatic carbocycles. The van der Waals surface area contributed by atoms with Crippen molar-refractivity contribution in [3.8, 4) is 11.4 Å². The number of nitrogens with one attached hydrogen (secondary N) is 2. The van der Waals surface area contributed by atoms with E-state index in [1.165, 1.54) is 6.07 Å². The molecule has 0 aliphatic carbocycles. The summed E-state index contributed by atoms with van der Waals surface area (Å²) in [5.41, 5.74) is 1.74. The first-order chi connectivity index (χ1) is 16.5. The monoisotopic (exact) mass is 481 g/mol. The van der Waals surface area contributed by atoms with Crippen molar-refractivity contribution in [2.45, 2.75) is 13.0 Å². The molecular formula is C24H21F2N5O2S. The summed E-state index contributed by atoms with van der Waals surface area (Å²) < 4.78 is 28.7. The van der Waals surface area contributed by atoms with E-state index in [1.54, 1.807) is 12.1 Å². The van der Waals surface area contributed by atoms with Gasteiger partial charge in [0.05, 0.1) is 24.2 Å². The Labute approximate surface area is 199 Å². The van der Waals surface area contributed by atoms with Crippen LogP contribution >= 0.6 is 11.8 Å². The summed E-state index contributed by atoms with van der Waals surface area (Å²) in [5.74, 6) is 0.105. The van der Waals surface area contributed by atoms with Crippen LogP contribution in [0.2, 0.25) is 0 Å². The maximum absolute atomic E-state index is 14.4. The second kappa shape index (κ2) is 9.38. The van der Waals surface area contributed by atoms with Crippen LogP contribution < -0.4 is 10.6 Å². The molecule has 10 heteroatoms. The fourth-order valence-electron chi connectivity index (χ4n) is 3.98. The molecule has 0 atom stereocenters. The van der Waals surface area contributed by atoms with E-state index in [1.807, 2.05) is 28.8 Å². The molecule has 2 aliphatic heterocycles. The van der Waals surface area contributed by atoms with Gasteiger partial charge in [0.1, 0.15) is 23.0 Å². The van der Waals surface area contributed by atoms with Gasteiger partial charge in [-0.15, -0.1) is 0 Å². The molecule has 34 heavy (non-hydrogen) atoms. The van der Waals surface area contributed by atoms with Crippen LogP contribution in [0.4, 0.5) is 20.3 Å². The van der Waals surface area contributed by atoms with Gasteiger partial charge in [-0.1, -0.05) is 18.2 Å². The summed E-state index contributed by atoms with van der Waals surface area (Å²) in [4.78, 5) is 35.3. The van der Waals surface area contributed by atoms with E-state index in [-0.39, 0.29) is 41.1 Å². The SMILES string of the molecule is O=C1NCc2nc(-c3c(F)cccc3F)nc(Nc3ccc(CC(=O)N4CCSCC4)cc3)c21. The highest BCUT2D eigenvalue weighted by Crippen LogP contribution is 2.30. The van der Waals surface area contributed by atoms with Gasteiger partial charge >= 0.3 is 0 Å². The molecule has 2 N–H and O–H groups in total. The lowest BCUT2D eigenvalue weighted by molar-refractivity contribution is -0.130. The normalized spacial score (nSPS) is 15.1. The number of carbonyl (C=O) groups is 2. The number of thioether (sulfide) groups is 1. The number of nitrogens with zero attached hydrogens (tertiary/aromatic N) is 3. The fraction of sp³-hybridized carbons (Fsp3) is 0.250. The molecule has 0 bridgehead atoms. The number of hydrogen-bond donors (Lipinski definition) is 2. The van der Waals surface area contributed by atoms with Crippen LogP contribution in [0.3, 0.4) is 0 Å². The zero-order valence-corrected chi connectivity index (χ0v) is 18.9. The minimum atomic E-state index is -0.787. The molecule has 1 saturated heterocycles. The number of carbonyl (C=O) groups excluding carboxylic acids is 2. The quantitative estimate of drug-likeness (QED) is 0.580. The van der Waals surface area contributed by atoms with E-state index in [9.17, 15) is 18.4 Å². The van der Waals surface area contributed by atoms with Crippen LogP contribution in [-0.2, 0) is 17.8 Å². The predicted molar refractivity (Wildman–Crippen MR) is 126 cm³/mol. The molecule has 5 rings (SSSR count). The zero-order valence-electron chi connectivity index (χ0n) is 18.1. The highest BCUT2D eigenvalue weighted by atomic mass is 32.2. The molecule has 174 valence electrons. The van der Waals surface area contributed by atoms with E-state index in [0.29, 0.717) is 17.8 Å². The molecule has 7 nitrogen and oxygen atoms in total. The molecule has 0 saturated carbocycles. The summed E-state index contributed by atoms with van der Waals surface area (Å²) in [6.45, 7) is 1.69. The Morgan fingerprint density at radius 2 is 1.74 bits per heavy atom. The topological polar surface area (TPSA) is 87.2 Å². The van der Waals surface area contributed by atoms with Gasteiger partial charge in [-0.05, 0) is 29.8 Å². The van der Waals surface area contributed by atoms with Gasteiger partial charge in [-0.25, -0.2) is 18.7 Å². The molecule has 0 unspecified atom stereocenters. The number of benzene rings is 2. The van der Waals surface area contributed by atoms with Crippen molar-refractivity contribution in [1.82, 2.24) is 20.2 Å². The summed E-state index contributed by atoms with van der Waals surface area (Å²) in [5, 5.41) is 5.74. The molecule has 2 aliphatic rings. The van der Waals surface area contributed by atoms with E-state index in [4.69, 9.17) is 0 Å². The van der Waals surface area contributed by atoms with Gasteiger partial charge in [0.25, 0.3) is 5.91 Å². The van der Waals surface area contributed by atoms with Crippen molar-refractivity contribution in [2.24, 2.45) is 0 Å². The summed E-state index contributed by atoms with van der Waals surface area (Å²) in [7, 11) is 0. The number of hydrogen-bond acceptors (Lipinski definition) is 6. The first-order valence-corrected chi connectivity index (χ1v) is 12.0. The third kappa shape index (κ3) is 4.45. The molecule has 3 aromatic rings. The Morgan fingerprint density at radius 1 is 1.03 bits per heavy atom. The van der Waals surface area contributed by atoms with Crippen LogP contribution in [0.5, 0.6) is 0 Å². The summed E-state index contributed by atoms with van der Waals surface area (Å²) in [6, 6.07) is 10.7. The standard InChI is InChI=1S/C24H21F2N5O2S/c25-16-2-1-3-17(26)20(16)22-29-18-13-27-24(33)21(18)23(30-22)28-15-6-4-14(5-7-15)12-19(32)31-8-10-34-11-9-31/h1-7H,8-13H2,(H,27,33)(H,28,29,30). The van der Waals surface area contributed by atoms with Crippen molar-refractivity contribution in [3.05, 3.63) is 70.9 Å². The molecule has 0 spiro atoms. The zero-order chi connectivity index (χ0) is 23.7. The second-order valence-corrected chi connectivity index (χ2v) is 9.21. The summed E-state index contributed by atoms with van der Waals surface area (Å²) in [6.07, 6.45) is 0.312. The van der Waals surface area contributed by atoms with Crippen LogP contribution in [0, 0.1) is 11.6 Å². The lowest BCUT2D eigenvalue weighted by Gasteiger charge is -2.26.